The summed E-state index contributed by atoms with van der Waals surface area (Å²) < 4.78 is 1.98. The monoisotopic (exact) mass is 434 g/mol. The Bertz CT molecular complexity index is 1140. The molecular weight excluding hydrogens is 408 g/mol. The molecule has 5 rings (SSSR count). The van der Waals surface area contributed by atoms with Crippen molar-refractivity contribution in [2.45, 2.75) is 13.5 Å². The highest BCUT2D eigenvalue weighted by molar-refractivity contribution is 6.38. The molecule has 2 aromatic heterocycles. The van der Waals surface area contributed by atoms with E-state index >= 15 is 0 Å². The highest BCUT2D eigenvalue weighted by Crippen LogP contribution is 2.37. The van der Waals surface area contributed by atoms with Crippen molar-refractivity contribution in [2.75, 3.05) is 39.8 Å². The second-order valence-electron chi connectivity index (χ2n) is 8.48. The fourth-order valence-electron chi connectivity index (χ4n) is 4.27. The van der Waals surface area contributed by atoms with Crippen LogP contribution < -0.4 is 0 Å². The summed E-state index contributed by atoms with van der Waals surface area (Å²) in [5.74, 6) is 0.391. The lowest BCUT2D eigenvalue weighted by molar-refractivity contribution is 0.149. The largest absolute Gasteiger partial charge is 0.304 e. The fraction of sp³-hybridized carbons (Fsp3) is 0.375. The fourth-order valence-corrected chi connectivity index (χ4v) is 4.59. The van der Waals surface area contributed by atoms with Gasteiger partial charge in [-0.15, -0.1) is 10.2 Å². The summed E-state index contributed by atoms with van der Waals surface area (Å²) >= 11 is 6.95. The number of benzene rings is 1. The van der Waals surface area contributed by atoms with E-state index in [0.717, 1.165) is 67.1 Å². The number of hydrogen-bond acceptors (Lipinski definition) is 5. The normalized spacial score (nSPS) is 20.0. The SMILES string of the molecule is CC1C=CC(c2nn(CCN3CCN(C)CC3)c3nnc(-c4ccccc4)c(Cl)c23)=C1. The van der Waals surface area contributed by atoms with Gasteiger partial charge in [-0.2, -0.15) is 5.10 Å². The first-order valence-electron chi connectivity index (χ1n) is 10.9. The van der Waals surface area contributed by atoms with Gasteiger partial charge in [0.15, 0.2) is 5.65 Å². The average Bonchev–Trinajstić information content (AvgIpc) is 3.38. The molecule has 0 spiro atoms. The van der Waals surface area contributed by atoms with Gasteiger partial charge in [0.05, 0.1) is 17.0 Å². The quantitative estimate of drug-likeness (QED) is 0.607. The van der Waals surface area contributed by atoms with Crippen molar-refractivity contribution >= 4 is 28.2 Å². The Morgan fingerprint density at radius 2 is 1.77 bits per heavy atom. The van der Waals surface area contributed by atoms with Crippen LogP contribution in [0.5, 0.6) is 0 Å². The van der Waals surface area contributed by atoms with Gasteiger partial charge in [0.2, 0.25) is 0 Å². The minimum absolute atomic E-state index is 0.391. The maximum absolute atomic E-state index is 6.95. The first-order chi connectivity index (χ1) is 15.1. The molecule has 1 unspecified atom stereocenters. The molecule has 3 aromatic rings. The number of allylic oxidation sites excluding steroid dienone is 4. The molecule has 0 radical (unpaired) electrons. The molecule has 2 aliphatic rings. The molecule has 0 N–H and O–H groups in total. The smallest absolute Gasteiger partial charge is 0.182 e. The number of rotatable bonds is 5. The van der Waals surface area contributed by atoms with Crippen molar-refractivity contribution in [1.29, 1.82) is 0 Å². The average molecular weight is 435 g/mol. The van der Waals surface area contributed by atoms with Gasteiger partial charge in [0.25, 0.3) is 0 Å². The van der Waals surface area contributed by atoms with Gasteiger partial charge in [0, 0.05) is 38.3 Å². The molecule has 1 aliphatic heterocycles. The van der Waals surface area contributed by atoms with Crippen LogP contribution >= 0.6 is 11.6 Å². The van der Waals surface area contributed by atoms with E-state index in [9.17, 15) is 0 Å². The summed E-state index contributed by atoms with van der Waals surface area (Å²) in [6.07, 6.45) is 6.55. The van der Waals surface area contributed by atoms with E-state index < -0.39 is 0 Å². The Hall–Kier alpha value is -2.54. The van der Waals surface area contributed by atoms with E-state index in [1.54, 1.807) is 0 Å². The first-order valence-corrected chi connectivity index (χ1v) is 11.3. The summed E-state index contributed by atoms with van der Waals surface area (Å²) in [6, 6.07) is 9.98. The highest BCUT2D eigenvalue weighted by Gasteiger charge is 2.23. The zero-order valence-electron chi connectivity index (χ0n) is 18.0. The van der Waals surface area contributed by atoms with Gasteiger partial charge in [0.1, 0.15) is 11.4 Å². The molecule has 0 saturated carbocycles. The number of piperazine rings is 1. The van der Waals surface area contributed by atoms with Crippen molar-refractivity contribution in [3.05, 3.63) is 59.3 Å². The van der Waals surface area contributed by atoms with Gasteiger partial charge >= 0.3 is 0 Å². The summed E-state index contributed by atoms with van der Waals surface area (Å²) in [7, 11) is 2.18. The zero-order valence-corrected chi connectivity index (χ0v) is 18.8. The van der Waals surface area contributed by atoms with Gasteiger partial charge in [-0.3, -0.25) is 4.90 Å². The third-order valence-electron chi connectivity index (χ3n) is 6.16. The summed E-state index contributed by atoms with van der Waals surface area (Å²) in [4.78, 5) is 4.85. The molecule has 1 aliphatic carbocycles. The van der Waals surface area contributed by atoms with Crippen LogP contribution in [0, 0.1) is 5.92 Å². The molecule has 160 valence electrons. The van der Waals surface area contributed by atoms with Gasteiger partial charge in [-0.05, 0) is 18.5 Å². The number of hydrogen-bond donors (Lipinski definition) is 0. The molecular formula is C24H27ClN6. The van der Waals surface area contributed by atoms with Crippen molar-refractivity contribution in [2.24, 2.45) is 5.92 Å². The predicted octanol–water partition coefficient (Wildman–Crippen LogP) is 3.98. The third kappa shape index (κ3) is 4.03. The number of aromatic nitrogens is 4. The Balaban J connectivity index is 1.55. The van der Waals surface area contributed by atoms with Crippen LogP contribution in [0.2, 0.25) is 5.02 Å². The van der Waals surface area contributed by atoms with Crippen molar-refractivity contribution in [3.8, 4) is 11.3 Å². The second-order valence-corrected chi connectivity index (χ2v) is 8.86. The standard InChI is InChI=1S/C24H27ClN6/c1-17-8-9-19(16-17)22-20-21(25)23(18-6-4-3-5-7-18)26-27-24(20)31(28-22)15-14-30-12-10-29(2)11-13-30/h3-9,16-17H,10-15H2,1-2H3. The van der Waals surface area contributed by atoms with E-state index in [0.29, 0.717) is 16.6 Å². The Morgan fingerprint density at radius 1 is 1.00 bits per heavy atom. The van der Waals surface area contributed by atoms with Crippen LogP contribution in [0.15, 0.2) is 48.6 Å². The molecule has 1 saturated heterocycles. The Kier molecular flexibility index (Phi) is 5.61. The van der Waals surface area contributed by atoms with Crippen LogP contribution in [-0.2, 0) is 6.54 Å². The maximum atomic E-state index is 6.95. The molecule has 6 nitrogen and oxygen atoms in total. The van der Waals surface area contributed by atoms with Crippen molar-refractivity contribution in [1.82, 2.24) is 29.8 Å². The topological polar surface area (TPSA) is 50.1 Å². The van der Waals surface area contributed by atoms with Crippen molar-refractivity contribution < 1.29 is 0 Å². The molecule has 0 bridgehead atoms. The lowest BCUT2D eigenvalue weighted by Crippen LogP contribution is -2.45. The molecule has 0 amide bonds. The van der Waals surface area contributed by atoms with Crippen LogP contribution in [-0.4, -0.2) is 69.5 Å². The Labute approximate surface area is 187 Å². The molecule has 31 heavy (non-hydrogen) atoms. The van der Waals surface area contributed by atoms with Gasteiger partial charge in [-0.1, -0.05) is 67.1 Å². The van der Waals surface area contributed by atoms with Gasteiger partial charge < -0.3 is 4.90 Å². The third-order valence-corrected chi connectivity index (χ3v) is 6.53. The molecule has 1 aromatic carbocycles. The van der Waals surface area contributed by atoms with E-state index in [1.165, 1.54) is 0 Å². The number of halogens is 1. The second kappa shape index (κ2) is 8.54. The first kappa shape index (κ1) is 20.4. The summed E-state index contributed by atoms with van der Waals surface area (Å²) in [5.41, 5.74) is 4.41. The van der Waals surface area contributed by atoms with Crippen LogP contribution in [0.4, 0.5) is 0 Å². The van der Waals surface area contributed by atoms with Crippen LogP contribution in [0.3, 0.4) is 0 Å². The van der Waals surface area contributed by atoms with E-state index in [-0.39, 0.29) is 0 Å². The molecule has 7 heteroatoms. The molecule has 1 fully saturated rings. The lowest BCUT2D eigenvalue weighted by atomic mass is 10.1. The summed E-state index contributed by atoms with van der Waals surface area (Å²) in [5, 5.41) is 15.6. The summed E-state index contributed by atoms with van der Waals surface area (Å²) in [6.45, 7) is 8.25. The number of nitrogens with zero attached hydrogens (tertiary/aromatic N) is 6. The maximum Gasteiger partial charge on any atom is 0.182 e. The van der Waals surface area contributed by atoms with Crippen LogP contribution in [0.1, 0.15) is 12.6 Å². The van der Waals surface area contributed by atoms with Gasteiger partial charge in [-0.25, -0.2) is 4.68 Å². The lowest BCUT2D eigenvalue weighted by Gasteiger charge is -2.32. The van der Waals surface area contributed by atoms with Crippen LogP contribution in [0.25, 0.3) is 27.9 Å². The van der Waals surface area contributed by atoms with E-state index in [2.05, 4.69) is 52.2 Å². The Morgan fingerprint density at radius 3 is 2.48 bits per heavy atom. The van der Waals surface area contributed by atoms with E-state index in [1.807, 2.05) is 35.0 Å². The van der Waals surface area contributed by atoms with Crippen molar-refractivity contribution in [3.63, 3.8) is 0 Å². The minimum Gasteiger partial charge on any atom is -0.304 e. The highest BCUT2D eigenvalue weighted by atomic mass is 35.5. The van der Waals surface area contributed by atoms with E-state index in [4.69, 9.17) is 16.7 Å². The predicted molar refractivity (Wildman–Crippen MR) is 126 cm³/mol. The molecule has 3 heterocycles. The molecule has 1 atom stereocenters. The number of fused-ring (bicyclic) bond motifs is 1. The minimum atomic E-state index is 0.391. The number of likely N-dealkylation sites (N-methyl/N-ethyl adjacent to an activating group) is 1. The zero-order chi connectivity index (χ0) is 21.4.